The second kappa shape index (κ2) is 9.17. The average molecular weight is 520 g/mol. The van der Waals surface area contributed by atoms with Crippen molar-refractivity contribution in [2.45, 2.75) is 63.8 Å². The van der Waals surface area contributed by atoms with Gasteiger partial charge >= 0.3 is 0 Å². The van der Waals surface area contributed by atoms with Gasteiger partial charge < -0.3 is 24.6 Å². The number of imidazole rings is 1. The van der Waals surface area contributed by atoms with Crippen molar-refractivity contribution in [1.29, 1.82) is 0 Å². The number of aliphatic hydroxyl groups is 1. The Morgan fingerprint density at radius 1 is 1.24 bits per heavy atom. The van der Waals surface area contributed by atoms with E-state index in [-0.39, 0.29) is 42.6 Å². The number of nitrogens with zero attached hydrogens (tertiary/aromatic N) is 4. The summed E-state index contributed by atoms with van der Waals surface area (Å²) < 4.78 is 16.2. The topological polar surface area (TPSA) is 90.2 Å². The molecule has 3 fully saturated rings. The molecule has 3 atom stereocenters. The summed E-state index contributed by atoms with van der Waals surface area (Å²) in [5.74, 6) is -0.292. The van der Waals surface area contributed by atoms with Crippen molar-refractivity contribution in [3.05, 3.63) is 59.9 Å². The lowest BCUT2D eigenvalue weighted by atomic mass is 9.84. The fourth-order valence-corrected chi connectivity index (χ4v) is 6.58. The van der Waals surface area contributed by atoms with E-state index in [9.17, 15) is 19.1 Å². The zero-order valence-corrected chi connectivity index (χ0v) is 22.0. The predicted octanol–water partition coefficient (Wildman–Crippen LogP) is 3.18. The van der Waals surface area contributed by atoms with Gasteiger partial charge in [0.15, 0.2) is 0 Å². The van der Waals surface area contributed by atoms with Crippen LogP contribution >= 0.6 is 0 Å². The Morgan fingerprint density at radius 2 is 2.03 bits per heavy atom. The number of pyridine rings is 1. The number of carbonyl (C=O) groups excluding carboxylic acids is 2. The molecule has 200 valence electrons. The molecule has 1 aliphatic carbocycles. The molecular weight excluding hydrogens is 485 g/mol. The van der Waals surface area contributed by atoms with Crippen LogP contribution in [0.4, 0.5) is 4.39 Å². The number of carbonyl (C=O) groups is 2. The second-order valence-electron chi connectivity index (χ2n) is 11.3. The largest absolute Gasteiger partial charge is 0.381 e. The van der Waals surface area contributed by atoms with Crippen molar-refractivity contribution in [3.8, 4) is 11.1 Å². The van der Waals surface area contributed by atoms with E-state index in [0.717, 1.165) is 24.8 Å². The number of nitrogens with one attached hydrogen (secondary N) is 1. The monoisotopic (exact) mass is 519 g/mol. The summed E-state index contributed by atoms with van der Waals surface area (Å²) in [6.45, 7) is 6.66. The van der Waals surface area contributed by atoms with E-state index in [2.05, 4.69) is 10.3 Å². The predicted molar refractivity (Wildman–Crippen MR) is 141 cm³/mol. The van der Waals surface area contributed by atoms with Gasteiger partial charge in [0.05, 0.1) is 42.7 Å². The molecule has 2 bridgehead atoms. The van der Waals surface area contributed by atoms with Gasteiger partial charge in [0.25, 0.3) is 5.91 Å². The molecule has 1 aromatic carbocycles. The third-order valence-electron chi connectivity index (χ3n) is 8.63. The van der Waals surface area contributed by atoms with Gasteiger partial charge in [-0.25, -0.2) is 9.37 Å². The molecule has 0 radical (unpaired) electrons. The summed E-state index contributed by atoms with van der Waals surface area (Å²) in [5.41, 5.74) is 1.66. The molecule has 38 heavy (non-hydrogen) atoms. The SMILES string of the molecule is CCN(C(=O)c1cc(F)ccc1-c1cc(C2(O)CN(C(=O)[C@H]3N[C@@H]4CC[C@H]3C4)C2)cn2cncc12)C(C)C. The Morgan fingerprint density at radius 3 is 2.68 bits per heavy atom. The molecule has 2 saturated heterocycles. The molecular formula is C29H34FN5O3. The van der Waals surface area contributed by atoms with Crippen LogP contribution in [-0.2, 0) is 10.4 Å². The highest BCUT2D eigenvalue weighted by Crippen LogP contribution is 2.40. The van der Waals surface area contributed by atoms with Crippen molar-refractivity contribution in [1.82, 2.24) is 24.5 Å². The normalized spacial score (nSPS) is 23.7. The summed E-state index contributed by atoms with van der Waals surface area (Å²) in [6.07, 6.45) is 8.42. The van der Waals surface area contributed by atoms with Crippen molar-refractivity contribution >= 4 is 17.3 Å². The summed E-state index contributed by atoms with van der Waals surface area (Å²) in [7, 11) is 0. The third kappa shape index (κ3) is 3.99. The summed E-state index contributed by atoms with van der Waals surface area (Å²) in [6, 6.07) is 6.33. The van der Waals surface area contributed by atoms with E-state index in [1.165, 1.54) is 12.1 Å². The molecule has 8 nitrogen and oxygen atoms in total. The Kier molecular flexibility index (Phi) is 6.03. The lowest BCUT2D eigenvalue weighted by molar-refractivity contribution is -0.160. The van der Waals surface area contributed by atoms with E-state index in [1.54, 1.807) is 28.4 Å². The highest BCUT2D eigenvalue weighted by Gasteiger charge is 2.51. The Hall–Kier alpha value is -3.30. The van der Waals surface area contributed by atoms with Gasteiger partial charge in [-0.05, 0) is 69.7 Å². The lowest BCUT2D eigenvalue weighted by Gasteiger charge is -2.48. The van der Waals surface area contributed by atoms with E-state index in [1.807, 2.05) is 37.4 Å². The van der Waals surface area contributed by atoms with Crippen LogP contribution in [0.25, 0.3) is 16.6 Å². The van der Waals surface area contributed by atoms with Crippen LogP contribution in [0.3, 0.4) is 0 Å². The number of piperidine rings is 1. The van der Waals surface area contributed by atoms with Gasteiger partial charge in [0, 0.05) is 36.0 Å². The molecule has 6 rings (SSSR count). The number of hydrogen-bond acceptors (Lipinski definition) is 5. The number of amides is 2. The highest BCUT2D eigenvalue weighted by atomic mass is 19.1. The quantitative estimate of drug-likeness (QED) is 0.522. The molecule has 3 aromatic rings. The van der Waals surface area contributed by atoms with Gasteiger partial charge in [-0.15, -0.1) is 0 Å². The van der Waals surface area contributed by atoms with Crippen LogP contribution in [0.15, 0.2) is 43.0 Å². The lowest BCUT2D eigenvalue weighted by Crippen LogP contribution is -2.65. The van der Waals surface area contributed by atoms with Gasteiger partial charge in [0.1, 0.15) is 11.4 Å². The Labute approximate surface area is 221 Å². The Bertz CT molecular complexity index is 1410. The number of rotatable bonds is 6. The minimum Gasteiger partial charge on any atom is -0.381 e. The first kappa shape index (κ1) is 25.0. The second-order valence-corrected chi connectivity index (χ2v) is 11.3. The fourth-order valence-electron chi connectivity index (χ4n) is 6.58. The standard InChI is InChI=1S/C29H34FN5O3/c1-4-35(17(2)3)27(36)24-11-20(30)6-8-22(24)23-10-19(13-33-16-31-12-25(23)33)29(38)14-34(15-29)28(37)26-18-5-7-21(9-18)32-26/h6,8,10-13,16-18,21,26,32,38H,4-5,7,9,14-15H2,1-3H3/t18-,21+,26-/m0/s1. The first-order chi connectivity index (χ1) is 18.2. The molecule has 2 aromatic heterocycles. The van der Waals surface area contributed by atoms with E-state index in [4.69, 9.17) is 0 Å². The zero-order chi connectivity index (χ0) is 26.8. The Balaban J connectivity index is 1.34. The molecule has 3 aliphatic rings. The number of hydrogen-bond donors (Lipinski definition) is 2. The van der Waals surface area contributed by atoms with Crippen molar-refractivity contribution in [2.24, 2.45) is 5.92 Å². The van der Waals surface area contributed by atoms with Crippen molar-refractivity contribution in [3.63, 3.8) is 0 Å². The third-order valence-corrected chi connectivity index (χ3v) is 8.63. The van der Waals surface area contributed by atoms with Crippen LogP contribution < -0.4 is 5.32 Å². The molecule has 0 spiro atoms. The van der Waals surface area contributed by atoms with Gasteiger partial charge in [-0.1, -0.05) is 6.07 Å². The van der Waals surface area contributed by atoms with Crippen LogP contribution in [-0.4, -0.2) is 73.9 Å². The van der Waals surface area contributed by atoms with Crippen LogP contribution in [0.2, 0.25) is 0 Å². The maximum Gasteiger partial charge on any atom is 0.254 e. The highest BCUT2D eigenvalue weighted by molar-refractivity contribution is 6.03. The van der Waals surface area contributed by atoms with E-state index >= 15 is 0 Å². The molecule has 2 amide bonds. The van der Waals surface area contributed by atoms with Crippen LogP contribution in [0.1, 0.15) is 56.0 Å². The first-order valence-electron chi connectivity index (χ1n) is 13.5. The summed E-state index contributed by atoms with van der Waals surface area (Å²) in [4.78, 5) is 34.4. The molecule has 4 heterocycles. The smallest absolute Gasteiger partial charge is 0.254 e. The first-order valence-corrected chi connectivity index (χ1v) is 13.5. The van der Waals surface area contributed by atoms with Gasteiger partial charge in [-0.2, -0.15) is 0 Å². The number of benzene rings is 1. The van der Waals surface area contributed by atoms with Crippen molar-refractivity contribution in [2.75, 3.05) is 19.6 Å². The van der Waals surface area contributed by atoms with Crippen LogP contribution in [0, 0.1) is 11.7 Å². The van der Waals surface area contributed by atoms with E-state index < -0.39 is 11.4 Å². The number of β-amino-alcohol motifs (C(OH)–C–C–N with tert-alkyl or cyclic N) is 1. The minimum atomic E-state index is -1.22. The number of fused-ring (bicyclic) bond motifs is 3. The summed E-state index contributed by atoms with van der Waals surface area (Å²) in [5, 5.41) is 15.0. The van der Waals surface area contributed by atoms with Crippen LogP contribution in [0.5, 0.6) is 0 Å². The molecule has 1 saturated carbocycles. The fraction of sp³-hybridized carbons (Fsp3) is 0.483. The molecule has 2 N–H and O–H groups in total. The van der Waals surface area contributed by atoms with Gasteiger partial charge in [-0.3, -0.25) is 9.59 Å². The molecule has 0 unspecified atom stereocenters. The summed E-state index contributed by atoms with van der Waals surface area (Å²) >= 11 is 0. The minimum absolute atomic E-state index is 0.0475. The number of halogens is 1. The van der Waals surface area contributed by atoms with E-state index in [0.29, 0.717) is 35.2 Å². The maximum absolute atomic E-state index is 14.4. The number of likely N-dealkylation sites (tertiary alicyclic amines) is 1. The van der Waals surface area contributed by atoms with Crippen molar-refractivity contribution < 1.29 is 19.1 Å². The van der Waals surface area contributed by atoms with Gasteiger partial charge in [0.2, 0.25) is 5.91 Å². The zero-order valence-electron chi connectivity index (χ0n) is 22.0. The molecule has 2 aliphatic heterocycles. The average Bonchev–Trinajstić information content (AvgIpc) is 3.63. The molecule has 9 heteroatoms. The number of aromatic nitrogens is 2. The maximum atomic E-state index is 14.4.